The van der Waals surface area contributed by atoms with Crippen LogP contribution in [0.15, 0.2) is 127 Å². The summed E-state index contributed by atoms with van der Waals surface area (Å²) >= 11 is 0. The lowest BCUT2D eigenvalue weighted by molar-refractivity contribution is 0.357. The third-order valence-corrected chi connectivity index (χ3v) is 15.2. The Hall–Kier alpha value is -5.01. The van der Waals surface area contributed by atoms with Gasteiger partial charge in [-0.15, -0.1) is 0 Å². The minimum Gasteiger partial charge on any atom is -0.493 e. The van der Waals surface area contributed by atoms with Crippen molar-refractivity contribution in [2.45, 2.75) is 0 Å². The molecule has 0 aliphatic rings. The molecule has 52 heavy (non-hydrogen) atoms. The van der Waals surface area contributed by atoms with E-state index in [1.54, 1.807) is 42.7 Å². The molecule has 0 amide bonds. The van der Waals surface area contributed by atoms with Gasteiger partial charge in [0.05, 0.1) is 42.7 Å². The first-order chi connectivity index (χ1) is 25.5. The molecule has 0 aromatic heterocycles. The van der Waals surface area contributed by atoms with Gasteiger partial charge < -0.3 is 28.4 Å². The molecular weight excluding hydrogens is 713 g/mol. The molecule has 0 N–H and O–H groups in total. The molecule has 0 aliphatic carbocycles. The maximum atomic E-state index is 5.72. The van der Waals surface area contributed by atoms with E-state index in [9.17, 15) is 0 Å². The average molecular weight is 752 g/mol. The zero-order valence-electron chi connectivity index (χ0n) is 30.1. The normalized spacial score (nSPS) is 10.9. The zero-order chi connectivity index (χ0) is 36.5. The Morgan fingerprint density at radius 1 is 0.327 bits per heavy atom. The summed E-state index contributed by atoms with van der Waals surface area (Å²) in [5, 5.41) is 11.1. The summed E-state index contributed by atoms with van der Waals surface area (Å²) in [5.74, 6) is 4.61. The molecule has 7 radical (unpaired) electrons. The molecule has 0 saturated carbocycles. The van der Waals surface area contributed by atoms with E-state index in [4.69, 9.17) is 28.4 Å². The number of methoxy groups -OCH3 is 6. The van der Waals surface area contributed by atoms with E-state index < -0.39 is 8.80 Å². The van der Waals surface area contributed by atoms with E-state index >= 15 is 0 Å². The highest BCUT2D eigenvalue weighted by molar-refractivity contribution is 6.95. The van der Waals surface area contributed by atoms with Gasteiger partial charge in [-0.2, -0.15) is 0 Å². The highest BCUT2D eigenvalue weighted by Crippen LogP contribution is 2.25. The zero-order valence-corrected chi connectivity index (χ0v) is 34.1. The number of hydrogen-bond donors (Lipinski definition) is 0. The van der Waals surface area contributed by atoms with Crippen LogP contribution in [0.2, 0.25) is 0 Å². The van der Waals surface area contributed by atoms with E-state index in [1.807, 2.05) is 36.4 Å². The molecule has 0 fully saturated rings. The van der Waals surface area contributed by atoms with Crippen LogP contribution in [0.1, 0.15) is 0 Å². The van der Waals surface area contributed by atoms with Crippen LogP contribution in [-0.2, 0) is 0 Å². The van der Waals surface area contributed by atoms with Gasteiger partial charge in [0.2, 0.25) is 0 Å². The summed E-state index contributed by atoms with van der Waals surface area (Å²) in [5.41, 5.74) is 0. The SMILES string of the molecule is COc1cccc([Si]c2ccc([Si](c3ccc([Si]c4cccc(OC)c4OC)cc3)c3ccc([Si]c4cccc(OC)c4OC)cc3)cc2)c1OC. The highest BCUT2D eigenvalue weighted by atomic mass is 28.3. The maximum Gasteiger partial charge on any atom is 0.160 e. The van der Waals surface area contributed by atoms with Gasteiger partial charge in [-0.05, 0) is 33.8 Å². The topological polar surface area (TPSA) is 55.4 Å². The van der Waals surface area contributed by atoms with Crippen molar-refractivity contribution in [3.8, 4) is 34.5 Å². The molecular formula is C42H39O6Si4. The molecule has 0 bridgehead atoms. The van der Waals surface area contributed by atoms with Crippen LogP contribution in [0.5, 0.6) is 34.5 Å². The third kappa shape index (κ3) is 8.21. The Morgan fingerprint density at radius 3 is 0.827 bits per heavy atom. The van der Waals surface area contributed by atoms with Crippen molar-refractivity contribution in [2.75, 3.05) is 42.7 Å². The molecule has 0 saturated heterocycles. The maximum absolute atomic E-state index is 5.72. The first-order valence-corrected chi connectivity index (χ1v) is 21.1. The van der Waals surface area contributed by atoms with Crippen molar-refractivity contribution < 1.29 is 28.4 Å². The van der Waals surface area contributed by atoms with Crippen LogP contribution in [-0.4, -0.2) is 80.0 Å². The van der Waals surface area contributed by atoms with Gasteiger partial charge in [-0.1, -0.05) is 140 Å². The molecule has 6 nitrogen and oxygen atoms in total. The molecule has 0 aliphatic heterocycles. The molecule has 259 valence electrons. The quantitative estimate of drug-likeness (QED) is 0.116. The average Bonchev–Trinajstić information content (AvgIpc) is 3.19. The second kappa shape index (κ2) is 17.5. The Bertz CT molecular complexity index is 1850. The van der Waals surface area contributed by atoms with Crippen LogP contribution in [0.3, 0.4) is 0 Å². The molecule has 0 heterocycles. The first-order valence-electron chi connectivity index (χ1n) is 16.6. The van der Waals surface area contributed by atoms with E-state index in [-0.39, 0.29) is 0 Å². The number of hydrogen-bond acceptors (Lipinski definition) is 6. The summed E-state index contributed by atoms with van der Waals surface area (Å²) in [6, 6.07) is 45.5. The summed E-state index contributed by atoms with van der Waals surface area (Å²) < 4.78 is 33.8. The van der Waals surface area contributed by atoms with Crippen molar-refractivity contribution in [3.05, 3.63) is 127 Å². The van der Waals surface area contributed by atoms with Crippen LogP contribution < -0.4 is 75.1 Å². The lowest BCUT2D eigenvalue weighted by Gasteiger charge is -2.19. The number of ether oxygens (including phenoxy) is 6. The standard InChI is InChI=1S/C42H39O6Si4/c1-43-34-10-7-13-37(40(34)46-4)49-28-16-22-31(23-17-28)52(32-24-18-29(19-25-32)50-38-14-8-11-35(44-2)41(38)47-5)33-26-20-30(21-27-33)51-39-15-9-12-36(45-3)42(39)48-6/h7-27H,1-6H3. The molecule has 0 atom stereocenters. The van der Waals surface area contributed by atoms with E-state index in [0.717, 1.165) is 50.1 Å². The van der Waals surface area contributed by atoms with Crippen LogP contribution in [0.4, 0.5) is 0 Å². The fraction of sp³-hybridized carbons (Fsp3) is 0.143. The minimum absolute atomic E-state index is 0.438. The minimum atomic E-state index is -1.34. The van der Waals surface area contributed by atoms with Crippen molar-refractivity contribution in [1.82, 2.24) is 0 Å². The Kier molecular flexibility index (Phi) is 12.4. The van der Waals surface area contributed by atoms with Gasteiger partial charge in [0, 0.05) is 0 Å². The number of benzene rings is 6. The molecule has 10 heteroatoms. The molecule has 6 aromatic carbocycles. The second-order valence-corrected chi connectivity index (χ2v) is 18.2. The Labute approximate surface area is 315 Å². The lowest BCUT2D eigenvalue weighted by Crippen LogP contribution is -2.53. The molecule has 6 aromatic rings. The fourth-order valence-corrected chi connectivity index (χ4v) is 12.1. The van der Waals surface area contributed by atoms with Crippen LogP contribution in [0, 0.1) is 0 Å². The first kappa shape index (κ1) is 36.8. The van der Waals surface area contributed by atoms with E-state index in [0.29, 0.717) is 28.6 Å². The monoisotopic (exact) mass is 751 g/mol. The van der Waals surface area contributed by atoms with Crippen molar-refractivity contribution in [3.63, 3.8) is 0 Å². The molecule has 0 unspecified atom stereocenters. The predicted molar refractivity (Wildman–Crippen MR) is 218 cm³/mol. The molecule has 0 spiro atoms. The smallest absolute Gasteiger partial charge is 0.160 e. The van der Waals surface area contributed by atoms with Gasteiger partial charge in [0.25, 0.3) is 0 Å². The Balaban J connectivity index is 1.32. The van der Waals surface area contributed by atoms with Crippen molar-refractivity contribution in [2.24, 2.45) is 0 Å². The fourth-order valence-electron chi connectivity index (χ4n) is 6.08. The van der Waals surface area contributed by atoms with Crippen molar-refractivity contribution in [1.29, 1.82) is 0 Å². The highest BCUT2D eigenvalue weighted by Gasteiger charge is 2.21. The molecule has 6 rings (SSSR count). The Morgan fingerprint density at radius 2 is 0.596 bits per heavy atom. The third-order valence-electron chi connectivity index (χ3n) is 8.57. The van der Waals surface area contributed by atoms with E-state index in [2.05, 4.69) is 91.0 Å². The van der Waals surface area contributed by atoms with Gasteiger partial charge in [0.15, 0.2) is 43.3 Å². The van der Waals surface area contributed by atoms with Crippen LogP contribution >= 0.6 is 0 Å². The lowest BCUT2D eigenvalue weighted by atomic mass is 10.3. The summed E-state index contributed by atoms with van der Waals surface area (Å²) in [6.07, 6.45) is 0. The van der Waals surface area contributed by atoms with Gasteiger partial charge in [-0.3, -0.25) is 0 Å². The van der Waals surface area contributed by atoms with E-state index in [1.165, 1.54) is 31.1 Å². The predicted octanol–water partition coefficient (Wildman–Crippen LogP) is 1.22. The summed E-state index contributed by atoms with van der Waals surface area (Å²) in [4.78, 5) is 0. The van der Waals surface area contributed by atoms with Crippen LogP contribution in [0.25, 0.3) is 0 Å². The summed E-state index contributed by atoms with van der Waals surface area (Å²) in [7, 11) is 10.1. The van der Waals surface area contributed by atoms with Gasteiger partial charge in [0.1, 0.15) is 28.6 Å². The van der Waals surface area contributed by atoms with Gasteiger partial charge >= 0.3 is 0 Å². The number of rotatable bonds is 15. The van der Waals surface area contributed by atoms with Gasteiger partial charge in [-0.25, -0.2) is 0 Å². The second-order valence-electron chi connectivity index (χ2n) is 11.6. The number of para-hydroxylation sites is 3. The van der Waals surface area contributed by atoms with Crippen molar-refractivity contribution >= 4 is 84.0 Å². The summed E-state index contributed by atoms with van der Waals surface area (Å²) in [6.45, 7) is 0. The largest absolute Gasteiger partial charge is 0.493 e.